The van der Waals surface area contributed by atoms with Crippen molar-refractivity contribution in [2.45, 2.75) is 13.8 Å². The highest BCUT2D eigenvalue weighted by molar-refractivity contribution is 8.18. The van der Waals surface area contributed by atoms with Crippen molar-refractivity contribution in [3.8, 4) is 17.2 Å². The third-order valence-corrected chi connectivity index (χ3v) is 6.34. The van der Waals surface area contributed by atoms with Crippen molar-refractivity contribution in [2.24, 2.45) is 0 Å². The number of thioether (sulfide) groups is 1. The van der Waals surface area contributed by atoms with Crippen molar-refractivity contribution >= 4 is 40.6 Å². The number of carbonyl (C=O) groups excluding carboxylic acids is 3. The van der Waals surface area contributed by atoms with Crippen LogP contribution in [0.2, 0.25) is 0 Å². The first kappa shape index (κ1) is 26.8. The zero-order chi connectivity index (χ0) is 26.9. The number of aryl methyl sites for hydroxylation is 1. The predicted octanol–water partition coefficient (Wildman–Crippen LogP) is 5.53. The van der Waals surface area contributed by atoms with E-state index in [1.165, 1.54) is 4.90 Å². The zero-order valence-corrected chi connectivity index (χ0v) is 22.0. The molecule has 0 aromatic heterocycles. The first-order valence-corrected chi connectivity index (χ1v) is 12.9. The maximum Gasteiger partial charge on any atom is 0.293 e. The Morgan fingerprint density at radius 3 is 2.53 bits per heavy atom. The highest BCUT2D eigenvalue weighted by Crippen LogP contribution is 2.34. The average Bonchev–Trinajstić information content (AvgIpc) is 3.16. The standard InChI is InChI=1S/C29H28N2O6S/c1-3-35-25-17-21(12-13-24(25)37-19-27(32)30-22-9-5-4-6-10-22)18-26-28(33)31(29(34)38-26)14-15-36-23-11-7-8-20(2)16-23/h4-13,16-18H,3,14-15,19H2,1-2H3,(H,30,32)/b26-18-. The molecular formula is C29H28N2O6S. The summed E-state index contributed by atoms with van der Waals surface area (Å²) in [6, 6.07) is 21.8. The number of imide groups is 1. The summed E-state index contributed by atoms with van der Waals surface area (Å²) in [6.45, 7) is 4.34. The molecule has 1 saturated heterocycles. The molecule has 1 fully saturated rings. The van der Waals surface area contributed by atoms with Gasteiger partial charge in [-0.05, 0) is 79.2 Å². The van der Waals surface area contributed by atoms with E-state index >= 15 is 0 Å². The monoisotopic (exact) mass is 532 g/mol. The van der Waals surface area contributed by atoms with E-state index in [1.807, 2.05) is 56.3 Å². The highest BCUT2D eigenvalue weighted by Gasteiger charge is 2.34. The number of carbonyl (C=O) groups is 3. The lowest BCUT2D eigenvalue weighted by atomic mass is 10.2. The molecule has 3 amide bonds. The van der Waals surface area contributed by atoms with Crippen molar-refractivity contribution < 1.29 is 28.6 Å². The number of ether oxygens (including phenoxy) is 3. The van der Waals surface area contributed by atoms with Gasteiger partial charge >= 0.3 is 0 Å². The molecule has 9 heteroatoms. The lowest BCUT2D eigenvalue weighted by Gasteiger charge is -2.14. The molecule has 0 saturated carbocycles. The van der Waals surface area contributed by atoms with Gasteiger partial charge in [0.1, 0.15) is 12.4 Å². The van der Waals surface area contributed by atoms with E-state index in [4.69, 9.17) is 14.2 Å². The van der Waals surface area contributed by atoms with Crippen LogP contribution in [0.15, 0.2) is 77.7 Å². The van der Waals surface area contributed by atoms with Crippen molar-refractivity contribution in [3.05, 3.63) is 88.8 Å². The number of nitrogens with zero attached hydrogens (tertiary/aromatic N) is 1. The second-order valence-electron chi connectivity index (χ2n) is 8.34. The molecule has 8 nitrogen and oxygen atoms in total. The van der Waals surface area contributed by atoms with Crippen molar-refractivity contribution in [2.75, 3.05) is 31.7 Å². The van der Waals surface area contributed by atoms with Crippen LogP contribution in [0, 0.1) is 6.92 Å². The van der Waals surface area contributed by atoms with Crippen LogP contribution < -0.4 is 19.5 Å². The molecule has 1 N–H and O–H groups in total. The fourth-order valence-electron chi connectivity index (χ4n) is 3.67. The Kier molecular flexibility index (Phi) is 9.05. The molecule has 0 radical (unpaired) electrons. The van der Waals surface area contributed by atoms with E-state index in [0.29, 0.717) is 40.0 Å². The first-order chi connectivity index (χ1) is 18.4. The van der Waals surface area contributed by atoms with E-state index in [-0.39, 0.29) is 36.8 Å². The quantitative estimate of drug-likeness (QED) is 0.325. The molecule has 1 aliphatic heterocycles. The van der Waals surface area contributed by atoms with Gasteiger partial charge < -0.3 is 19.5 Å². The van der Waals surface area contributed by atoms with E-state index in [1.54, 1.807) is 36.4 Å². The van der Waals surface area contributed by atoms with Crippen molar-refractivity contribution in [1.82, 2.24) is 4.90 Å². The number of anilines is 1. The summed E-state index contributed by atoms with van der Waals surface area (Å²) in [4.78, 5) is 39.1. The zero-order valence-electron chi connectivity index (χ0n) is 21.1. The molecule has 38 heavy (non-hydrogen) atoms. The molecule has 0 bridgehead atoms. The SMILES string of the molecule is CCOc1cc(/C=C2\SC(=O)N(CCOc3cccc(C)c3)C2=O)ccc1OCC(=O)Nc1ccccc1. The van der Waals surface area contributed by atoms with Gasteiger partial charge in [0.25, 0.3) is 17.1 Å². The molecule has 4 rings (SSSR count). The summed E-state index contributed by atoms with van der Waals surface area (Å²) in [5.74, 6) is 0.843. The Bertz CT molecular complexity index is 1340. The summed E-state index contributed by atoms with van der Waals surface area (Å²) < 4.78 is 17.1. The number of para-hydroxylation sites is 1. The van der Waals surface area contributed by atoms with Gasteiger partial charge in [-0.1, -0.05) is 36.4 Å². The van der Waals surface area contributed by atoms with Gasteiger partial charge in [-0.25, -0.2) is 0 Å². The van der Waals surface area contributed by atoms with Gasteiger partial charge in [-0.15, -0.1) is 0 Å². The summed E-state index contributed by atoms with van der Waals surface area (Å²) in [5.41, 5.74) is 2.41. The summed E-state index contributed by atoms with van der Waals surface area (Å²) >= 11 is 0.882. The number of benzene rings is 3. The Morgan fingerprint density at radius 2 is 1.76 bits per heavy atom. The van der Waals surface area contributed by atoms with Crippen LogP contribution >= 0.6 is 11.8 Å². The number of amides is 3. The predicted molar refractivity (Wildman–Crippen MR) is 148 cm³/mol. The van der Waals surface area contributed by atoms with Crippen LogP contribution in [0.5, 0.6) is 17.2 Å². The number of nitrogens with one attached hydrogen (secondary N) is 1. The van der Waals surface area contributed by atoms with Crippen molar-refractivity contribution in [3.63, 3.8) is 0 Å². The fourth-order valence-corrected chi connectivity index (χ4v) is 4.53. The van der Waals surface area contributed by atoms with Crippen LogP contribution in [0.1, 0.15) is 18.1 Å². The first-order valence-electron chi connectivity index (χ1n) is 12.1. The molecule has 0 atom stereocenters. The largest absolute Gasteiger partial charge is 0.492 e. The third kappa shape index (κ3) is 7.17. The van der Waals surface area contributed by atoms with E-state index < -0.39 is 0 Å². The van der Waals surface area contributed by atoms with Crippen LogP contribution in [0.4, 0.5) is 10.5 Å². The minimum absolute atomic E-state index is 0.151. The number of hydrogen-bond acceptors (Lipinski definition) is 7. The Labute approximate surface area is 225 Å². The molecule has 196 valence electrons. The second kappa shape index (κ2) is 12.8. The minimum Gasteiger partial charge on any atom is -0.492 e. The molecule has 0 unspecified atom stereocenters. The maximum absolute atomic E-state index is 12.9. The van der Waals surface area contributed by atoms with Crippen molar-refractivity contribution in [1.29, 1.82) is 0 Å². The highest BCUT2D eigenvalue weighted by atomic mass is 32.2. The molecular weight excluding hydrogens is 504 g/mol. The van der Waals surface area contributed by atoms with Gasteiger partial charge in [0.05, 0.1) is 18.1 Å². The van der Waals surface area contributed by atoms with E-state index in [9.17, 15) is 14.4 Å². The van der Waals surface area contributed by atoms with Crippen LogP contribution in [0.3, 0.4) is 0 Å². The molecule has 1 aliphatic rings. The van der Waals surface area contributed by atoms with Gasteiger partial charge in [0.2, 0.25) is 0 Å². The Morgan fingerprint density at radius 1 is 0.947 bits per heavy atom. The second-order valence-corrected chi connectivity index (χ2v) is 9.33. The summed E-state index contributed by atoms with van der Waals surface area (Å²) in [5, 5.41) is 2.42. The van der Waals surface area contributed by atoms with E-state index in [2.05, 4.69) is 5.32 Å². The molecule has 3 aromatic carbocycles. The Hall–Kier alpha value is -4.24. The van der Waals surface area contributed by atoms with Crippen LogP contribution in [0.25, 0.3) is 6.08 Å². The lowest BCUT2D eigenvalue weighted by Crippen LogP contribution is -2.32. The number of hydrogen-bond donors (Lipinski definition) is 1. The number of rotatable bonds is 11. The van der Waals surface area contributed by atoms with E-state index in [0.717, 1.165) is 17.3 Å². The topological polar surface area (TPSA) is 94.2 Å². The normalized spacial score (nSPS) is 14.1. The lowest BCUT2D eigenvalue weighted by molar-refractivity contribution is -0.123. The Balaban J connectivity index is 1.38. The molecule has 1 heterocycles. The van der Waals surface area contributed by atoms with Gasteiger partial charge in [0, 0.05) is 5.69 Å². The maximum atomic E-state index is 12.9. The fraction of sp³-hybridized carbons (Fsp3) is 0.207. The van der Waals surface area contributed by atoms with Crippen LogP contribution in [-0.2, 0) is 9.59 Å². The van der Waals surface area contributed by atoms with Crippen LogP contribution in [-0.4, -0.2) is 48.3 Å². The third-order valence-electron chi connectivity index (χ3n) is 5.43. The average molecular weight is 533 g/mol. The molecule has 0 aliphatic carbocycles. The molecule has 0 spiro atoms. The summed E-state index contributed by atoms with van der Waals surface area (Å²) in [6.07, 6.45) is 1.64. The van der Waals surface area contributed by atoms with Gasteiger partial charge in [0.15, 0.2) is 18.1 Å². The minimum atomic E-state index is -0.372. The molecule has 3 aromatic rings. The van der Waals surface area contributed by atoms with Gasteiger partial charge in [-0.3, -0.25) is 19.3 Å². The van der Waals surface area contributed by atoms with Gasteiger partial charge in [-0.2, -0.15) is 0 Å². The smallest absolute Gasteiger partial charge is 0.293 e. The summed E-state index contributed by atoms with van der Waals surface area (Å²) in [7, 11) is 0.